The summed E-state index contributed by atoms with van der Waals surface area (Å²) in [5, 5.41) is 6.66. The van der Waals surface area contributed by atoms with Crippen molar-refractivity contribution in [1.29, 1.82) is 0 Å². The van der Waals surface area contributed by atoms with Gasteiger partial charge < -0.3 is 9.64 Å². The van der Waals surface area contributed by atoms with Crippen LogP contribution in [0.15, 0.2) is 59.7 Å². The zero-order valence-corrected chi connectivity index (χ0v) is 23.0. The summed E-state index contributed by atoms with van der Waals surface area (Å²) < 4.78 is 43.9. The Morgan fingerprint density at radius 1 is 1.05 bits per heavy atom. The number of hydrogen-bond donors (Lipinski definition) is 2. The third-order valence-corrected chi connectivity index (χ3v) is 5.72. The second-order valence-corrected chi connectivity index (χ2v) is 9.24. The van der Waals surface area contributed by atoms with Crippen molar-refractivity contribution in [3.05, 3.63) is 77.1 Å². The summed E-state index contributed by atoms with van der Waals surface area (Å²) in [4.78, 5) is 23.6. The molecule has 0 fully saturated rings. The van der Waals surface area contributed by atoms with Gasteiger partial charge in [0.15, 0.2) is 5.82 Å². The molecule has 2 aromatic carbocycles. The fraction of sp³-hybridized carbons (Fsp3) is 0.379. The molecule has 8 nitrogen and oxygen atoms in total. The number of carbonyl (C=O) groups excluding carboxylic acids is 1. The van der Waals surface area contributed by atoms with E-state index in [1.807, 2.05) is 37.3 Å². The number of amides is 1. The Morgan fingerprint density at radius 2 is 1.80 bits per heavy atom. The second-order valence-electron chi connectivity index (χ2n) is 9.24. The van der Waals surface area contributed by atoms with Crippen molar-refractivity contribution in [3.8, 4) is 0 Å². The average molecular weight is 557 g/mol. The molecule has 2 N–H and O–H groups in total. The normalized spacial score (nSPS) is 11.4. The molecule has 0 spiro atoms. The van der Waals surface area contributed by atoms with Crippen molar-refractivity contribution in [3.63, 3.8) is 0 Å². The van der Waals surface area contributed by atoms with E-state index in [1.54, 1.807) is 6.21 Å². The van der Waals surface area contributed by atoms with Crippen LogP contribution in [0, 0.1) is 6.92 Å². The molecule has 0 aliphatic carbocycles. The standard InChI is InChI=1S/C29H35F3N6O2/c1-4-14-38(15-5-2)27-19-26(37-33-20-22-10-6-9-21(3)17-22)35-25(36-27)13-8-16-40-28(39)34-24-12-7-11-23(18-24)29(30,31)32/h6-7,9-12,17-20H,4-5,8,13-16H2,1-3H3,(H,34,39)(H,35,36,37)/b33-20+. The number of halogens is 3. The van der Waals surface area contributed by atoms with Crippen molar-refractivity contribution in [2.75, 3.05) is 35.3 Å². The molecular formula is C29H35F3N6O2. The largest absolute Gasteiger partial charge is 0.449 e. The summed E-state index contributed by atoms with van der Waals surface area (Å²) in [6, 6.07) is 14.2. The van der Waals surface area contributed by atoms with Gasteiger partial charge in [-0.1, -0.05) is 49.7 Å². The third kappa shape index (κ3) is 9.87. The molecule has 0 bridgehead atoms. The predicted molar refractivity (Wildman–Crippen MR) is 152 cm³/mol. The number of alkyl halides is 3. The van der Waals surface area contributed by atoms with Gasteiger partial charge in [-0.15, -0.1) is 0 Å². The van der Waals surface area contributed by atoms with Gasteiger partial charge in [-0.05, 0) is 49.9 Å². The summed E-state index contributed by atoms with van der Waals surface area (Å²) in [5.41, 5.74) is 4.25. The van der Waals surface area contributed by atoms with Gasteiger partial charge in [0.2, 0.25) is 0 Å². The van der Waals surface area contributed by atoms with Gasteiger partial charge in [0.25, 0.3) is 0 Å². The highest BCUT2D eigenvalue weighted by atomic mass is 19.4. The number of ether oxygens (including phenoxy) is 1. The molecule has 0 saturated heterocycles. The van der Waals surface area contributed by atoms with E-state index in [0.717, 1.165) is 55.0 Å². The SMILES string of the molecule is CCCN(CCC)c1cc(N/N=C/c2cccc(C)c2)nc(CCCOC(=O)Nc2cccc(C(F)(F)F)c2)n1. The van der Waals surface area contributed by atoms with E-state index >= 15 is 0 Å². The molecule has 40 heavy (non-hydrogen) atoms. The third-order valence-electron chi connectivity index (χ3n) is 5.72. The number of hydrazone groups is 1. The first-order valence-electron chi connectivity index (χ1n) is 13.3. The highest BCUT2D eigenvalue weighted by Crippen LogP contribution is 2.30. The highest BCUT2D eigenvalue weighted by Gasteiger charge is 2.30. The van der Waals surface area contributed by atoms with Gasteiger partial charge in [0.1, 0.15) is 11.6 Å². The molecule has 11 heteroatoms. The van der Waals surface area contributed by atoms with Crippen LogP contribution in [0.25, 0.3) is 0 Å². The number of rotatable bonds is 13. The summed E-state index contributed by atoms with van der Waals surface area (Å²) in [7, 11) is 0. The minimum Gasteiger partial charge on any atom is -0.449 e. The van der Waals surface area contributed by atoms with Gasteiger partial charge in [-0.25, -0.2) is 14.8 Å². The van der Waals surface area contributed by atoms with Crippen LogP contribution in [0.4, 0.5) is 35.3 Å². The van der Waals surface area contributed by atoms with Crippen LogP contribution >= 0.6 is 0 Å². The molecule has 1 aromatic heterocycles. The summed E-state index contributed by atoms with van der Waals surface area (Å²) in [5.74, 6) is 1.89. The van der Waals surface area contributed by atoms with Gasteiger partial charge in [-0.3, -0.25) is 10.7 Å². The van der Waals surface area contributed by atoms with E-state index < -0.39 is 17.8 Å². The lowest BCUT2D eigenvalue weighted by atomic mass is 10.2. The fourth-order valence-corrected chi connectivity index (χ4v) is 3.94. The minimum absolute atomic E-state index is 0.00438. The lowest BCUT2D eigenvalue weighted by Gasteiger charge is -2.23. The van der Waals surface area contributed by atoms with E-state index in [9.17, 15) is 18.0 Å². The number of nitrogens with one attached hydrogen (secondary N) is 2. The Kier molecular flexibility index (Phi) is 11.3. The molecule has 0 saturated carbocycles. The average Bonchev–Trinajstić information content (AvgIpc) is 2.91. The van der Waals surface area contributed by atoms with Crippen LogP contribution in [0.3, 0.4) is 0 Å². The number of anilines is 3. The second kappa shape index (κ2) is 14.9. The monoisotopic (exact) mass is 556 g/mol. The minimum atomic E-state index is -4.50. The number of aromatic nitrogens is 2. The van der Waals surface area contributed by atoms with E-state index in [2.05, 4.69) is 39.6 Å². The smallest absolute Gasteiger partial charge is 0.416 e. The first kappa shape index (κ1) is 30.4. The maximum Gasteiger partial charge on any atom is 0.416 e. The molecule has 0 aliphatic heterocycles. The predicted octanol–water partition coefficient (Wildman–Crippen LogP) is 7.06. The first-order chi connectivity index (χ1) is 19.2. The Balaban J connectivity index is 1.63. The van der Waals surface area contributed by atoms with Crippen molar-refractivity contribution < 1.29 is 22.7 Å². The summed E-state index contributed by atoms with van der Waals surface area (Å²) >= 11 is 0. The maximum atomic E-state index is 12.9. The fourth-order valence-electron chi connectivity index (χ4n) is 3.94. The number of hydrogen-bond acceptors (Lipinski definition) is 7. The Bertz CT molecular complexity index is 1280. The Hall–Kier alpha value is -4.15. The van der Waals surface area contributed by atoms with E-state index in [4.69, 9.17) is 9.72 Å². The Labute approximate surface area is 232 Å². The van der Waals surface area contributed by atoms with Crippen LogP contribution in [0.1, 0.15) is 55.6 Å². The number of nitrogens with zero attached hydrogens (tertiary/aromatic N) is 4. The van der Waals surface area contributed by atoms with Crippen molar-refractivity contribution >= 4 is 29.6 Å². The summed E-state index contributed by atoms with van der Waals surface area (Å²) in [6.07, 6.45) is -0.843. The molecule has 0 unspecified atom stereocenters. The van der Waals surface area contributed by atoms with Crippen LogP contribution in [-0.2, 0) is 17.3 Å². The zero-order valence-electron chi connectivity index (χ0n) is 23.0. The molecule has 0 aliphatic rings. The summed E-state index contributed by atoms with van der Waals surface area (Å²) in [6.45, 7) is 7.96. The van der Waals surface area contributed by atoms with Crippen molar-refractivity contribution in [2.24, 2.45) is 5.10 Å². The quantitative estimate of drug-likeness (QED) is 0.133. The lowest BCUT2D eigenvalue weighted by molar-refractivity contribution is -0.137. The van der Waals surface area contributed by atoms with Gasteiger partial charge in [0, 0.05) is 31.3 Å². The van der Waals surface area contributed by atoms with Crippen LogP contribution < -0.4 is 15.6 Å². The van der Waals surface area contributed by atoms with Gasteiger partial charge >= 0.3 is 12.3 Å². The molecule has 1 heterocycles. The number of aryl methyl sites for hydroxylation is 2. The molecule has 214 valence electrons. The van der Waals surface area contributed by atoms with E-state index in [-0.39, 0.29) is 12.3 Å². The number of benzene rings is 2. The van der Waals surface area contributed by atoms with Crippen LogP contribution in [0.2, 0.25) is 0 Å². The highest BCUT2D eigenvalue weighted by molar-refractivity contribution is 5.84. The molecule has 3 rings (SSSR count). The molecule has 1 amide bonds. The van der Waals surface area contributed by atoms with Crippen LogP contribution in [0.5, 0.6) is 0 Å². The zero-order chi connectivity index (χ0) is 29.0. The first-order valence-corrected chi connectivity index (χ1v) is 13.3. The molecular weight excluding hydrogens is 521 g/mol. The van der Waals surface area contributed by atoms with Crippen LogP contribution in [-0.4, -0.2) is 42.0 Å². The van der Waals surface area contributed by atoms with Crippen molar-refractivity contribution in [2.45, 2.75) is 52.6 Å². The van der Waals surface area contributed by atoms with Crippen molar-refractivity contribution in [1.82, 2.24) is 9.97 Å². The van der Waals surface area contributed by atoms with E-state index in [0.29, 0.717) is 24.5 Å². The molecule has 0 radical (unpaired) electrons. The maximum absolute atomic E-state index is 12.9. The lowest BCUT2D eigenvalue weighted by Crippen LogP contribution is -2.26. The Morgan fingerprint density at radius 3 is 2.50 bits per heavy atom. The topological polar surface area (TPSA) is 91.7 Å². The molecule has 3 aromatic rings. The van der Waals surface area contributed by atoms with Gasteiger partial charge in [0.05, 0.1) is 18.4 Å². The van der Waals surface area contributed by atoms with Gasteiger partial charge in [-0.2, -0.15) is 18.3 Å². The van der Waals surface area contributed by atoms with E-state index in [1.165, 1.54) is 12.1 Å². The number of carbonyl (C=O) groups is 1. The molecule has 0 atom stereocenters.